The number of hydrogen-bond acceptors (Lipinski definition) is 4. The molecule has 5 heteroatoms. The molecule has 0 aliphatic carbocycles. The van der Waals surface area contributed by atoms with Crippen LogP contribution in [0.1, 0.15) is 37.0 Å². The average molecular weight is 304 g/mol. The first kappa shape index (κ1) is 15.2. The third-order valence-electron chi connectivity index (χ3n) is 4.59. The van der Waals surface area contributed by atoms with Gasteiger partial charge in [0.25, 0.3) is 5.91 Å². The Kier molecular flexibility index (Phi) is 4.00. The minimum Gasteiger partial charge on any atom is -0.490 e. The highest BCUT2D eigenvalue weighted by molar-refractivity contribution is 5.95. The number of rotatable bonds is 1. The van der Waals surface area contributed by atoms with Crippen molar-refractivity contribution in [1.82, 2.24) is 4.90 Å². The molecule has 1 aromatic carbocycles. The number of piperidine rings is 1. The van der Waals surface area contributed by atoms with Crippen LogP contribution in [0.15, 0.2) is 18.2 Å². The van der Waals surface area contributed by atoms with E-state index in [0.29, 0.717) is 37.6 Å². The number of ether oxygens (including phenoxy) is 2. The number of fused-ring (bicyclic) bond motifs is 1. The fraction of sp³-hybridized carbons (Fsp3) is 0.588. The van der Waals surface area contributed by atoms with Gasteiger partial charge in [-0.2, -0.15) is 0 Å². The summed E-state index contributed by atoms with van der Waals surface area (Å²) < 4.78 is 11.3. The minimum atomic E-state index is -0.0563. The van der Waals surface area contributed by atoms with Gasteiger partial charge in [-0.05, 0) is 30.0 Å². The Hall–Kier alpha value is -1.75. The van der Waals surface area contributed by atoms with Gasteiger partial charge in [-0.25, -0.2) is 0 Å². The van der Waals surface area contributed by atoms with E-state index in [1.54, 1.807) is 6.07 Å². The molecular formula is C17H24N2O3. The van der Waals surface area contributed by atoms with Crippen molar-refractivity contribution in [2.24, 2.45) is 11.1 Å². The molecule has 2 aliphatic heterocycles. The smallest absolute Gasteiger partial charge is 0.254 e. The number of carbonyl (C=O) groups excluding carboxylic acids is 1. The molecule has 0 radical (unpaired) electrons. The van der Waals surface area contributed by atoms with Crippen molar-refractivity contribution in [2.45, 2.75) is 32.7 Å². The second kappa shape index (κ2) is 5.80. The van der Waals surface area contributed by atoms with E-state index in [-0.39, 0.29) is 17.4 Å². The summed E-state index contributed by atoms with van der Waals surface area (Å²) in [5, 5.41) is 0. The van der Waals surface area contributed by atoms with Gasteiger partial charge in [-0.3, -0.25) is 4.79 Å². The molecule has 2 heterocycles. The van der Waals surface area contributed by atoms with Gasteiger partial charge in [0.15, 0.2) is 11.5 Å². The predicted octanol–water partition coefficient (Wildman–Crippen LogP) is 2.05. The molecular weight excluding hydrogens is 280 g/mol. The summed E-state index contributed by atoms with van der Waals surface area (Å²) in [5.41, 5.74) is 6.74. The quantitative estimate of drug-likeness (QED) is 0.862. The Labute approximate surface area is 131 Å². The van der Waals surface area contributed by atoms with Gasteiger partial charge in [-0.1, -0.05) is 13.8 Å². The van der Waals surface area contributed by atoms with Crippen LogP contribution in [0.2, 0.25) is 0 Å². The maximum atomic E-state index is 12.8. The van der Waals surface area contributed by atoms with E-state index < -0.39 is 0 Å². The summed E-state index contributed by atoms with van der Waals surface area (Å²) in [4.78, 5) is 14.6. The Morgan fingerprint density at radius 1 is 1.27 bits per heavy atom. The molecule has 1 amide bonds. The molecule has 1 atom stereocenters. The highest BCUT2D eigenvalue weighted by Crippen LogP contribution is 2.32. The second-order valence-electron chi connectivity index (χ2n) is 6.82. The van der Waals surface area contributed by atoms with Crippen LogP contribution in [0.4, 0.5) is 0 Å². The van der Waals surface area contributed by atoms with Gasteiger partial charge in [0.05, 0.1) is 13.2 Å². The van der Waals surface area contributed by atoms with Crippen LogP contribution < -0.4 is 15.2 Å². The van der Waals surface area contributed by atoms with Crippen LogP contribution in [0.5, 0.6) is 11.5 Å². The first-order chi connectivity index (χ1) is 10.5. The van der Waals surface area contributed by atoms with E-state index in [2.05, 4.69) is 13.8 Å². The zero-order valence-corrected chi connectivity index (χ0v) is 13.3. The topological polar surface area (TPSA) is 64.8 Å². The molecule has 0 aromatic heterocycles. The van der Waals surface area contributed by atoms with Gasteiger partial charge in [0.2, 0.25) is 0 Å². The number of hydrogen-bond donors (Lipinski definition) is 1. The van der Waals surface area contributed by atoms with E-state index in [4.69, 9.17) is 15.2 Å². The lowest BCUT2D eigenvalue weighted by atomic mass is 9.79. The van der Waals surface area contributed by atoms with Crippen molar-refractivity contribution in [3.8, 4) is 11.5 Å². The first-order valence-corrected chi connectivity index (χ1v) is 7.92. The summed E-state index contributed by atoms with van der Waals surface area (Å²) in [6.07, 6.45) is 1.69. The van der Waals surface area contributed by atoms with Crippen LogP contribution >= 0.6 is 0 Å². The maximum absolute atomic E-state index is 12.8. The third kappa shape index (κ3) is 2.90. The fourth-order valence-corrected chi connectivity index (χ4v) is 3.03. The number of nitrogens with zero attached hydrogens (tertiary/aromatic N) is 1. The average Bonchev–Trinajstić information content (AvgIpc) is 2.73. The Morgan fingerprint density at radius 3 is 2.73 bits per heavy atom. The van der Waals surface area contributed by atoms with Crippen LogP contribution in [-0.4, -0.2) is 43.2 Å². The third-order valence-corrected chi connectivity index (χ3v) is 4.59. The summed E-state index contributed by atoms with van der Waals surface area (Å²) in [5.74, 6) is 1.42. The highest BCUT2D eigenvalue weighted by atomic mass is 16.5. The standard InChI is InChI=1S/C17H24N2O3/c1-17(2)11-19(7-6-15(17)18)16(20)12-4-5-13-14(10-12)22-9-3-8-21-13/h4-5,10,15H,3,6-9,11,18H2,1-2H3. The first-order valence-electron chi connectivity index (χ1n) is 7.92. The summed E-state index contributed by atoms with van der Waals surface area (Å²) in [6.45, 7) is 6.89. The molecule has 1 fully saturated rings. The monoisotopic (exact) mass is 304 g/mol. The van der Waals surface area contributed by atoms with Crippen LogP contribution in [0.25, 0.3) is 0 Å². The molecule has 1 unspecified atom stereocenters. The van der Waals surface area contributed by atoms with Gasteiger partial charge in [-0.15, -0.1) is 0 Å². The Bertz CT molecular complexity index is 571. The van der Waals surface area contributed by atoms with E-state index >= 15 is 0 Å². The molecule has 5 nitrogen and oxygen atoms in total. The van der Waals surface area contributed by atoms with Gasteiger partial charge >= 0.3 is 0 Å². The number of amides is 1. The molecule has 3 rings (SSSR count). The molecule has 120 valence electrons. The number of benzene rings is 1. The number of carbonyl (C=O) groups is 1. The SMILES string of the molecule is CC1(C)CN(C(=O)c2ccc3c(c2)OCCCO3)CCC1N. The lowest BCUT2D eigenvalue weighted by molar-refractivity contribution is 0.0532. The van der Waals surface area contributed by atoms with Crippen LogP contribution in [0, 0.1) is 5.41 Å². The lowest BCUT2D eigenvalue weighted by Gasteiger charge is -2.42. The number of likely N-dealkylation sites (tertiary alicyclic amines) is 1. The largest absolute Gasteiger partial charge is 0.490 e. The number of nitrogens with two attached hydrogens (primary N) is 1. The van der Waals surface area contributed by atoms with E-state index in [9.17, 15) is 4.79 Å². The normalized spacial score (nSPS) is 23.8. The summed E-state index contributed by atoms with van der Waals surface area (Å²) in [6, 6.07) is 5.58. The predicted molar refractivity (Wildman–Crippen MR) is 84.3 cm³/mol. The highest BCUT2D eigenvalue weighted by Gasteiger charge is 2.35. The molecule has 2 aliphatic rings. The zero-order valence-electron chi connectivity index (χ0n) is 13.3. The lowest BCUT2D eigenvalue weighted by Crippen LogP contribution is -2.53. The summed E-state index contributed by atoms with van der Waals surface area (Å²) >= 11 is 0. The van der Waals surface area contributed by atoms with Gasteiger partial charge in [0.1, 0.15) is 0 Å². The molecule has 1 saturated heterocycles. The zero-order chi connectivity index (χ0) is 15.7. The van der Waals surface area contributed by atoms with E-state index in [1.807, 2.05) is 17.0 Å². The Morgan fingerprint density at radius 2 is 2.00 bits per heavy atom. The van der Waals surface area contributed by atoms with Crippen molar-refractivity contribution in [1.29, 1.82) is 0 Å². The second-order valence-corrected chi connectivity index (χ2v) is 6.82. The molecule has 0 saturated carbocycles. The van der Waals surface area contributed by atoms with Crippen molar-refractivity contribution < 1.29 is 14.3 Å². The van der Waals surface area contributed by atoms with Crippen LogP contribution in [0.3, 0.4) is 0 Å². The van der Waals surface area contributed by atoms with Crippen LogP contribution in [-0.2, 0) is 0 Å². The molecule has 22 heavy (non-hydrogen) atoms. The van der Waals surface area contributed by atoms with Crippen molar-refractivity contribution in [3.05, 3.63) is 23.8 Å². The fourth-order valence-electron chi connectivity index (χ4n) is 3.03. The minimum absolute atomic E-state index is 0.0376. The summed E-state index contributed by atoms with van der Waals surface area (Å²) in [7, 11) is 0. The van der Waals surface area contributed by atoms with Crippen molar-refractivity contribution >= 4 is 5.91 Å². The molecule has 1 aromatic rings. The van der Waals surface area contributed by atoms with Crippen molar-refractivity contribution in [3.63, 3.8) is 0 Å². The Balaban J connectivity index is 1.79. The van der Waals surface area contributed by atoms with E-state index in [1.165, 1.54) is 0 Å². The molecule has 0 spiro atoms. The molecule has 0 bridgehead atoms. The van der Waals surface area contributed by atoms with Crippen molar-refractivity contribution in [2.75, 3.05) is 26.3 Å². The van der Waals surface area contributed by atoms with E-state index in [0.717, 1.165) is 18.6 Å². The molecule has 2 N–H and O–H groups in total. The van der Waals surface area contributed by atoms with Gasteiger partial charge < -0.3 is 20.1 Å². The van der Waals surface area contributed by atoms with Gasteiger partial charge in [0, 0.05) is 31.1 Å². The maximum Gasteiger partial charge on any atom is 0.254 e.